The Hall–Kier alpha value is -2.76. The molecule has 0 atom stereocenters. The van der Waals surface area contributed by atoms with E-state index in [2.05, 4.69) is 4.98 Å². The predicted molar refractivity (Wildman–Crippen MR) is 80.7 cm³/mol. The minimum atomic E-state index is -4.51. The molecule has 0 saturated heterocycles. The zero-order valence-corrected chi connectivity index (χ0v) is 12.6. The second-order valence-corrected chi connectivity index (χ2v) is 5.53. The molecule has 0 unspecified atom stereocenters. The third-order valence-corrected chi connectivity index (χ3v) is 3.98. The molecule has 1 aromatic carbocycles. The summed E-state index contributed by atoms with van der Waals surface area (Å²) < 4.78 is 37.6. The number of fused-ring (bicyclic) bond motifs is 1. The van der Waals surface area contributed by atoms with Crippen LogP contribution >= 0.6 is 0 Å². The summed E-state index contributed by atoms with van der Waals surface area (Å²) in [5, 5.41) is 0. The fourth-order valence-corrected chi connectivity index (χ4v) is 2.66. The quantitative estimate of drug-likeness (QED) is 0.834. The highest BCUT2D eigenvalue weighted by molar-refractivity contribution is 6.26. The molecule has 0 aliphatic heterocycles. The Morgan fingerprint density at radius 1 is 0.958 bits per heavy atom. The van der Waals surface area contributed by atoms with Crippen LogP contribution in [0.3, 0.4) is 0 Å². The van der Waals surface area contributed by atoms with E-state index in [1.807, 2.05) is 0 Å². The number of pyridine rings is 1. The smallest absolute Gasteiger partial charge is 0.289 e. The van der Waals surface area contributed by atoms with Gasteiger partial charge < -0.3 is 0 Å². The standard InChI is InChI=1S/C18H12F3NO2/c1-10-14(8-11-6-7-15(22-9-11)18(19,20)21)17(24)13-5-3-2-4-12(13)16(10)23/h2-7,9H,8H2,1H3. The van der Waals surface area contributed by atoms with E-state index in [0.717, 1.165) is 12.3 Å². The van der Waals surface area contributed by atoms with Gasteiger partial charge in [0, 0.05) is 34.9 Å². The normalized spacial score (nSPS) is 14.8. The molecular formula is C18H12F3NO2. The van der Waals surface area contributed by atoms with E-state index in [9.17, 15) is 22.8 Å². The van der Waals surface area contributed by atoms with E-state index < -0.39 is 11.9 Å². The van der Waals surface area contributed by atoms with Gasteiger partial charge in [-0.2, -0.15) is 13.2 Å². The van der Waals surface area contributed by atoms with Crippen molar-refractivity contribution in [3.8, 4) is 0 Å². The first kappa shape index (κ1) is 16.1. The Labute approximate surface area is 135 Å². The zero-order chi connectivity index (χ0) is 17.5. The minimum Gasteiger partial charge on any atom is -0.289 e. The molecule has 0 fully saturated rings. The molecule has 0 spiro atoms. The number of hydrogen-bond acceptors (Lipinski definition) is 3. The number of carbonyl (C=O) groups is 2. The third kappa shape index (κ3) is 2.75. The highest BCUT2D eigenvalue weighted by Crippen LogP contribution is 2.30. The topological polar surface area (TPSA) is 47.0 Å². The van der Waals surface area contributed by atoms with Crippen LogP contribution in [0, 0.1) is 0 Å². The number of alkyl halides is 3. The molecule has 0 saturated carbocycles. The number of halogens is 3. The highest BCUT2D eigenvalue weighted by Gasteiger charge is 2.33. The van der Waals surface area contributed by atoms with E-state index in [-0.39, 0.29) is 18.0 Å². The number of hydrogen-bond donors (Lipinski definition) is 0. The van der Waals surface area contributed by atoms with E-state index in [1.54, 1.807) is 31.2 Å². The Bertz CT molecular complexity index is 865. The molecule has 6 heteroatoms. The molecule has 2 aromatic rings. The van der Waals surface area contributed by atoms with Gasteiger partial charge in [0.25, 0.3) is 0 Å². The van der Waals surface area contributed by atoms with Crippen molar-refractivity contribution in [2.45, 2.75) is 19.5 Å². The lowest BCUT2D eigenvalue weighted by Crippen LogP contribution is -2.22. The van der Waals surface area contributed by atoms with Gasteiger partial charge in [0.15, 0.2) is 11.6 Å². The Kier molecular flexibility index (Phi) is 3.83. The number of allylic oxidation sites excluding steroid dienone is 2. The second-order valence-electron chi connectivity index (χ2n) is 5.53. The van der Waals surface area contributed by atoms with Crippen molar-refractivity contribution in [3.05, 3.63) is 76.1 Å². The molecule has 0 N–H and O–H groups in total. The van der Waals surface area contributed by atoms with Crippen LogP contribution in [0.2, 0.25) is 0 Å². The van der Waals surface area contributed by atoms with Crippen LogP contribution in [0.15, 0.2) is 53.7 Å². The average Bonchev–Trinajstić information content (AvgIpc) is 2.56. The van der Waals surface area contributed by atoms with Crippen LogP contribution in [-0.2, 0) is 12.6 Å². The number of benzene rings is 1. The monoisotopic (exact) mass is 331 g/mol. The molecule has 24 heavy (non-hydrogen) atoms. The summed E-state index contributed by atoms with van der Waals surface area (Å²) >= 11 is 0. The first-order valence-electron chi connectivity index (χ1n) is 7.19. The molecule has 1 aromatic heterocycles. The van der Waals surface area contributed by atoms with Crippen molar-refractivity contribution in [3.63, 3.8) is 0 Å². The van der Waals surface area contributed by atoms with Gasteiger partial charge in [-0.25, -0.2) is 0 Å². The summed E-state index contributed by atoms with van der Waals surface area (Å²) in [6.45, 7) is 1.56. The molecule has 1 aliphatic carbocycles. The van der Waals surface area contributed by atoms with Crippen molar-refractivity contribution in [2.75, 3.05) is 0 Å². The van der Waals surface area contributed by atoms with Crippen LogP contribution in [0.4, 0.5) is 13.2 Å². The summed E-state index contributed by atoms with van der Waals surface area (Å²) in [6.07, 6.45) is -3.36. The average molecular weight is 331 g/mol. The Morgan fingerprint density at radius 3 is 2.12 bits per heavy atom. The summed E-state index contributed by atoms with van der Waals surface area (Å²) in [5.41, 5.74) is 0.738. The van der Waals surface area contributed by atoms with Crippen LogP contribution in [0.1, 0.15) is 38.9 Å². The van der Waals surface area contributed by atoms with Gasteiger partial charge in [-0.3, -0.25) is 14.6 Å². The number of carbonyl (C=O) groups excluding carboxylic acids is 2. The Morgan fingerprint density at radius 2 is 1.58 bits per heavy atom. The fourth-order valence-electron chi connectivity index (χ4n) is 2.66. The van der Waals surface area contributed by atoms with Crippen LogP contribution in [0.25, 0.3) is 0 Å². The lowest BCUT2D eigenvalue weighted by atomic mass is 9.82. The first-order valence-corrected chi connectivity index (χ1v) is 7.19. The summed E-state index contributed by atoms with van der Waals surface area (Å²) in [6, 6.07) is 8.66. The van der Waals surface area contributed by atoms with Crippen molar-refractivity contribution in [2.24, 2.45) is 0 Å². The summed E-state index contributed by atoms with van der Waals surface area (Å²) in [4.78, 5) is 28.4. The van der Waals surface area contributed by atoms with Crippen molar-refractivity contribution in [1.29, 1.82) is 0 Å². The van der Waals surface area contributed by atoms with Gasteiger partial charge in [0.1, 0.15) is 5.69 Å². The molecule has 122 valence electrons. The fraction of sp³-hybridized carbons (Fsp3) is 0.167. The highest BCUT2D eigenvalue weighted by atomic mass is 19.4. The van der Waals surface area contributed by atoms with E-state index in [4.69, 9.17) is 0 Å². The van der Waals surface area contributed by atoms with Gasteiger partial charge in [-0.05, 0) is 18.6 Å². The van der Waals surface area contributed by atoms with Crippen LogP contribution < -0.4 is 0 Å². The first-order chi connectivity index (χ1) is 11.3. The van der Waals surface area contributed by atoms with Gasteiger partial charge in [-0.15, -0.1) is 0 Å². The van der Waals surface area contributed by atoms with Gasteiger partial charge >= 0.3 is 6.18 Å². The van der Waals surface area contributed by atoms with Crippen molar-refractivity contribution < 1.29 is 22.8 Å². The molecule has 1 aliphatic rings. The number of Topliss-reactive ketones (excluding diaryl/α,β-unsaturated/α-hetero) is 2. The van der Waals surface area contributed by atoms with E-state index >= 15 is 0 Å². The van der Waals surface area contributed by atoms with E-state index in [1.165, 1.54) is 6.07 Å². The maximum absolute atomic E-state index is 12.6. The van der Waals surface area contributed by atoms with Crippen molar-refractivity contribution >= 4 is 11.6 Å². The van der Waals surface area contributed by atoms with Gasteiger partial charge in [0.05, 0.1) is 0 Å². The zero-order valence-electron chi connectivity index (χ0n) is 12.6. The summed E-state index contributed by atoms with van der Waals surface area (Å²) in [7, 11) is 0. The van der Waals surface area contributed by atoms with Gasteiger partial charge in [-0.1, -0.05) is 30.3 Å². The maximum atomic E-state index is 12.6. The van der Waals surface area contributed by atoms with Gasteiger partial charge in [0.2, 0.25) is 0 Å². The molecule has 0 bridgehead atoms. The SMILES string of the molecule is CC1=C(Cc2ccc(C(F)(F)F)nc2)C(=O)c2ccccc2C1=O. The Balaban J connectivity index is 1.94. The summed E-state index contributed by atoms with van der Waals surface area (Å²) in [5.74, 6) is -0.511. The molecule has 1 heterocycles. The lowest BCUT2D eigenvalue weighted by molar-refractivity contribution is -0.141. The molecular weight excluding hydrogens is 319 g/mol. The molecule has 0 radical (unpaired) electrons. The molecule has 3 nitrogen and oxygen atoms in total. The lowest BCUT2D eigenvalue weighted by Gasteiger charge is -2.19. The van der Waals surface area contributed by atoms with Crippen LogP contribution in [0.5, 0.6) is 0 Å². The molecule has 0 amide bonds. The third-order valence-electron chi connectivity index (χ3n) is 3.98. The number of nitrogens with zero attached hydrogens (tertiary/aromatic N) is 1. The predicted octanol–water partition coefficient (Wildman–Crippen LogP) is 4.04. The minimum absolute atomic E-state index is 0.0654. The van der Waals surface area contributed by atoms with E-state index in [0.29, 0.717) is 27.8 Å². The van der Waals surface area contributed by atoms with Crippen molar-refractivity contribution in [1.82, 2.24) is 4.98 Å². The maximum Gasteiger partial charge on any atom is 0.433 e. The molecule has 3 rings (SSSR count). The number of rotatable bonds is 2. The second kappa shape index (κ2) is 5.70. The largest absolute Gasteiger partial charge is 0.433 e. The number of aromatic nitrogens is 1. The van der Waals surface area contributed by atoms with Crippen LogP contribution in [-0.4, -0.2) is 16.6 Å². The number of ketones is 2.